The SMILES string of the molecule is CSC1CCCCC1n1c(CCl)nc2cc(F)ccc21. The Morgan fingerprint density at radius 2 is 2.20 bits per heavy atom. The van der Waals surface area contributed by atoms with Gasteiger partial charge in [0, 0.05) is 17.4 Å². The number of halogens is 2. The summed E-state index contributed by atoms with van der Waals surface area (Å²) in [5, 5.41) is 0.591. The maximum atomic E-state index is 13.4. The molecule has 0 bridgehead atoms. The van der Waals surface area contributed by atoms with Crippen LogP contribution < -0.4 is 0 Å². The molecule has 0 aliphatic heterocycles. The van der Waals surface area contributed by atoms with Crippen LogP contribution in [0.1, 0.15) is 37.5 Å². The predicted octanol–water partition coefficient (Wildman–Crippen LogP) is 4.76. The molecule has 2 atom stereocenters. The minimum Gasteiger partial charge on any atom is -0.323 e. The molecular weight excluding hydrogens is 295 g/mol. The fourth-order valence-electron chi connectivity index (χ4n) is 3.23. The Bertz CT molecular complexity index is 613. The van der Waals surface area contributed by atoms with Gasteiger partial charge in [0.25, 0.3) is 0 Å². The molecule has 1 fully saturated rings. The fourth-order valence-corrected chi connectivity index (χ4v) is 4.40. The lowest BCUT2D eigenvalue weighted by molar-refractivity contribution is 0.366. The van der Waals surface area contributed by atoms with Crippen LogP contribution in [0.15, 0.2) is 18.2 Å². The number of hydrogen-bond donors (Lipinski definition) is 0. The third-order valence-corrected chi connectivity index (χ3v) is 5.54. The molecule has 2 nitrogen and oxygen atoms in total. The van der Waals surface area contributed by atoms with Crippen molar-refractivity contribution in [2.75, 3.05) is 6.26 Å². The second-order valence-electron chi connectivity index (χ2n) is 5.29. The Kier molecular flexibility index (Phi) is 4.22. The van der Waals surface area contributed by atoms with Crippen LogP contribution in [0.5, 0.6) is 0 Å². The van der Waals surface area contributed by atoms with E-state index in [1.807, 2.05) is 17.8 Å². The zero-order valence-electron chi connectivity index (χ0n) is 11.5. The number of benzene rings is 1. The van der Waals surface area contributed by atoms with Crippen molar-refractivity contribution in [2.45, 2.75) is 42.9 Å². The summed E-state index contributed by atoms with van der Waals surface area (Å²) in [6, 6.07) is 5.26. The highest BCUT2D eigenvalue weighted by Gasteiger charge is 2.28. The van der Waals surface area contributed by atoms with Gasteiger partial charge in [-0.15, -0.1) is 11.6 Å². The van der Waals surface area contributed by atoms with E-state index in [4.69, 9.17) is 11.6 Å². The summed E-state index contributed by atoms with van der Waals surface area (Å²) >= 11 is 7.99. The minimum atomic E-state index is -0.242. The normalized spacial score (nSPS) is 23.4. The third kappa shape index (κ3) is 2.44. The Morgan fingerprint density at radius 1 is 1.40 bits per heavy atom. The molecule has 1 saturated carbocycles. The molecule has 0 amide bonds. The van der Waals surface area contributed by atoms with Crippen LogP contribution in [-0.4, -0.2) is 21.1 Å². The molecule has 0 radical (unpaired) electrons. The van der Waals surface area contributed by atoms with Gasteiger partial charge in [-0.1, -0.05) is 12.8 Å². The number of fused-ring (bicyclic) bond motifs is 1. The lowest BCUT2D eigenvalue weighted by atomic mass is 9.94. The molecule has 2 aromatic rings. The highest BCUT2D eigenvalue weighted by Crippen LogP contribution is 2.38. The van der Waals surface area contributed by atoms with Crippen molar-refractivity contribution < 1.29 is 4.39 Å². The van der Waals surface area contributed by atoms with Gasteiger partial charge in [0.05, 0.1) is 16.9 Å². The van der Waals surface area contributed by atoms with E-state index in [0.29, 0.717) is 22.7 Å². The van der Waals surface area contributed by atoms with Gasteiger partial charge in [-0.3, -0.25) is 0 Å². The van der Waals surface area contributed by atoms with E-state index >= 15 is 0 Å². The van der Waals surface area contributed by atoms with Gasteiger partial charge < -0.3 is 4.57 Å². The van der Waals surface area contributed by atoms with Crippen molar-refractivity contribution in [1.82, 2.24) is 9.55 Å². The molecule has 1 aromatic carbocycles. The first-order valence-corrected chi connectivity index (χ1v) is 8.82. The second-order valence-corrected chi connectivity index (χ2v) is 6.63. The Morgan fingerprint density at radius 3 is 2.95 bits per heavy atom. The van der Waals surface area contributed by atoms with Crippen molar-refractivity contribution in [1.29, 1.82) is 0 Å². The summed E-state index contributed by atoms with van der Waals surface area (Å²) in [6.07, 6.45) is 7.08. The maximum absolute atomic E-state index is 13.4. The molecule has 0 N–H and O–H groups in total. The van der Waals surface area contributed by atoms with E-state index in [9.17, 15) is 4.39 Å². The first kappa shape index (κ1) is 14.2. The van der Waals surface area contributed by atoms with Crippen LogP contribution in [0.2, 0.25) is 0 Å². The van der Waals surface area contributed by atoms with E-state index in [0.717, 1.165) is 17.8 Å². The number of alkyl halides is 1. The van der Waals surface area contributed by atoms with Crippen LogP contribution in [0.3, 0.4) is 0 Å². The van der Waals surface area contributed by atoms with Crippen LogP contribution in [-0.2, 0) is 5.88 Å². The van der Waals surface area contributed by atoms with Gasteiger partial charge in [0.2, 0.25) is 0 Å². The number of nitrogens with zero attached hydrogens (tertiary/aromatic N) is 2. The third-order valence-electron chi connectivity index (χ3n) is 4.15. The molecule has 1 heterocycles. The Hall–Kier alpha value is -0.740. The van der Waals surface area contributed by atoms with Crippen molar-refractivity contribution in [3.63, 3.8) is 0 Å². The molecule has 1 aromatic heterocycles. The molecule has 5 heteroatoms. The van der Waals surface area contributed by atoms with Gasteiger partial charge in [-0.05, 0) is 31.2 Å². The summed E-state index contributed by atoms with van der Waals surface area (Å²) in [7, 11) is 0. The summed E-state index contributed by atoms with van der Waals surface area (Å²) in [6.45, 7) is 0. The maximum Gasteiger partial charge on any atom is 0.125 e. The van der Waals surface area contributed by atoms with Crippen LogP contribution in [0.4, 0.5) is 4.39 Å². The number of aromatic nitrogens is 2. The van der Waals surface area contributed by atoms with E-state index in [1.165, 1.54) is 31.4 Å². The molecule has 20 heavy (non-hydrogen) atoms. The van der Waals surface area contributed by atoms with Crippen LogP contribution in [0, 0.1) is 5.82 Å². The highest BCUT2D eigenvalue weighted by atomic mass is 35.5. The number of hydrogen-bond acceptors (Lipinski definition) is 2. The number of thioether (sulfide) groups is 1. The highest BCUT2D eigenvalue weighted by molar-refractivity contribution is 7.99. The zero-order chi connectivity index (χ0) is 14.1. The zero-order valence-corrected chi connectivity index (χ0v) is 13.1. The number of rotatable bonds is 3. The molecular formula is C15H18ClFN2S. The first-order chi connectivity index (χ1) is 9.74. The van der Waals surface area contributed by atoms with Crippen molar-refractivity contribution >= 4 is 34.4 Å². The lowest BCUT2D eigenvalue weighted by Crippen LogP contribution is -2.26. The Balaban J connectivity index is 2.13. The summed E-state index contributed by atoms with van der Waals surface area (Å²) in [5.41, 5.74) is 1.72. The van der Waals surface area contributed by atoms with Crippen LogP contribution in [0.25, 0.3) is 11.0 Å². The monoisotopic (exact) mass is 312 g/mol. The van der Waals surface area contributed by atoms with E-state index in [-0.39, 0.29) is 5.82 Å². The molecule has 108 valence electrons. The molecule has 0 saturated heterocycles. The van der Waals surface area contributed by atoms with E-state index < -0.39 is 0 Å². The first-order valence-electron chi connectivity index (χ1n) is 6.99. The average Bonchev–Trinajstić information content (AvgIpc) is 2.84. The molecule has 3 rings (SSSR count). The van der Waals surface area contributed by atoms with Gasteiger partial charge in [0.1, 0.15) is 11.6 Å². The smallest absolute Gasteiger partial charge is 0.125 e. The van der Waals surface area contributed by atoms with Gasteiger partial charge in [0.15, 0.2) is 0 Å². The number of imidazole rings is 1. The predicted molar refractivity (Wildman–Crippen MR) is 84.1 cm³/mol. The average molecular weight is 313 g/mol. The van der Waals surface area contributed by atoms with Gasteiger partial charge >= 0.3 is 0 Å². The summed E-state index contributed by atoms with van der Waals surface area (Å²) in [4.78, 5) is 4.52. The van der Waals surface area contributed by atoms with Gasteiger partial charge in [-0.25, -0.2) is 9.37 Å². The van der Waals surface area contributed by atoms with E-state index in [1.54, 1.807) is 0 Å². The molecule has 0 spiro atoms. The summed E-state index contributed by atoms with van der Waals surface area (Å²) < 4.78 is 15.6. The van der Waals surface area contributed by atoms with Crippen molar-refractivity contribution in [3.05, 3.63) is 29.8 Å². The molecule has 1 aliphatic rings. The topological polar surface area (TPSA) is 17.8 Å². The Labute approximate surface area is 127 Å². The second kappa shape index (κ2) is 5.94. The standard InChI is InChI=1S/C15H18ClFN2S/c1-20-14-5-3-2-4-13(14)19-12-7-6-10(17)8-11(12)18-15(19)9-16/h6-8,13-14H,2-5,9H2,1H3. The summed E-state index contributed by atoms with van der Waals surface area (Å²) in [5.74, 6) is 0.986. The van der Waals surface area contributed by atoms with Gasteiger partial charge in [-0.2, -0.15) is 11.8 Å². The quantitative estimate of drug-likeness (QED) is 0.760. The lowest BCUT2D eigenvalue weighted by Gasteiger charge is -2.32. The molecule has 2 unspecified atom stereocenters. The van der Waals surface area contributed by atoms with Crippen LogP contribution >= 0.6 is 23.4 Å². The van der Waals surface area contributed by atoms with E-state index in [2.05, 4.69) is 15.8 Å². The molecule has 1 aliphatic carbocycles. The fraction of sp³-hybridized carbons (Fsp3) is 0.533. The van der Waals surface area contributed by atoms with Crippen molar-refractivity contribution in [2.24, 2.45) is 0 Å². The largest absolute Gasteiger partial charge is 0.323 e. The minimum absolute atomic E-state index is 0.242. The van der Waals surface area contributed by atoms with Crippen molar-refractivity contribution in [3.8, 4) is 0 Å².